The molecule has 1 aliphatic heterocycles. The molecule has 2 aromatic rings. The second-order valence-electron chi connectivity index (χ2n) is 6.81. The molecular weight excluding hydrogens is 344 g/mol. The van der Waals surface area contributed by atoms with Gasteiger partial charge in [0.1, 0.15) is 12.1 Å². The second kappa shape index (κ2) is 8.13. The maximum Gasteiger partial charge on any atom is 0.238 e. The van der Waals surface area contributed by atoms with Crippen LogP contribution in [-0.2, 0) is 9.59 Å². The first-order valence-corrected chi connectivity index (χ1v) is 8.81. The monoisotopic (exact) mass is 368 g/mol. The van der Waals surface area contributed by atoms with E-state index in [1.165, 1.54) is 6.92 Å². The van der Waals surface area contributed by atoms with Gasteiger partial charge in [0.05, 0.1) is 6.54 Å². The zero-order valence-corrected chi connectivity index (χ0v) is 15.8. The predicted molar refractivity (Wildman–Crippen MR) is 105 cm³/mol. The van der Waals surface area contributed by atoms with E-state index < -0.39 is 0 Å². The van der Waals surface area contributed by atoms with Gasteiger partial charge in [-0.1, -0.05) is 6.07 Å². The zero-order valence-electron chi connectivity index (χ0n) is 15.8. The Labute approximate surface area is 158 Å². The summed E-state index contributed by atoms with van der Waals surface area (Å²) in [7, 11) is 1.95. The fraction of sp³-hybridized carbons (Fsp3) is 0.368. The van der Waals surface area contributed by atoms with E-state index in [0.29, 0.717) is 24.0 Å². The Bertz CT molecular complexity index is 834. The minimum Gasteiger partial charge on any atom is -0.353 e. The van der Waals surface area contributed by atoms with Crippen molar-refractivity contribution in [2.24, 2.45) is 0 Å². The molecule has 8 nitrogen and oxygen atoms in total. The van der Waals surface area contributed by atoms with Gasteiger partial charge in [0.25, 0.3) is 0 Å². The number of likely N-dealkylation sites (N-methyl/N-ethyl adjacent to an activating group) is 1. The van der Waals surface area contributed by atoms with Crippen LogP contribution in [0.15, 0.2) is 36.8 Å². The number of aromatic nitrogens is 2. The third kappa shape index (κ3) is 4.79. The lowest BCUT2D eigenvalue weighted by atomic mass is 10.1. The van der Waals surface area contributed by atoms with Crippen LogP contribution < -0.4 is 15.5 Å². The molecule has 0 saturated carbocycles. The number of rotatable bonds is 6. The molecule has 0 aliphatic carbocycles. The van der Waals surface area contributed by atoms with Gasteiger partial charge in [0.15, 0.2) is 0 Å². The summed E-state index contributed by atoms with van der Waals surface area (Å²) < 4.78 is 0. The fourth-order valence-corrected chi connectivity index (χ4v) is 3.06. The molecule has 3 rings (SSSR count). The number of carbonyl (C=O) groups is 2. The highest BCUT2D eigenvalue weighted by Gasteiger charge is 2.32. The van der Waals surface area contributed by atoms with Crippen LogP contribution in [-0.4, -0.2) is 59.4 Å². The van der Waals surface area contributed by atoms with Gasteiger partial charge in [0, 0.05) is 49.2 Å². The summed E-state index contributed by atoms with van der Waals surface area (Å²) in [4.78, 5) is 36.0. The number of anilines is 3. The van der Waals surface area contributed by atoms with Gasteiger partial charge in [-0.15, -0.1) is 0 Å². The number of nitrogens with one attached hydrogen (secondary N) is 2. The Morgan fingerprint density at radius 3 is 2.63 bits per heavy atom. The van der Waals surface area contributed by atoms with Crippen molar-refractivity contribution in [1.82, 2.24) is 14.9 Å². The summed E-state index contributed by atoms with van der Waals surface area (Å²) in [6.07, 6.45) is 3.36. The summed E-state index contributed by atoms with van der Waals surface area (Å²) in [6.45, 7) is 5.41. The zero-order chi connectivity index (χ0) is 19.4. The van der Waals surface area contributed by atoms with Crippen molar-refractivity contribution in [2.45, 2.75) is 19.9 Å². The molecule has 0 radical (unpaired) electrons. The minimum absolute atomic E-state index is 0.0888. The van der Waals surface area contributed by atoms with E-state index in [1.54, 1.807) is 30.6 Å². The molecule has 2 amide bonds. The molecule has 1 fully saturated rings. The third-order valence-electron chi connectivity index (χ3n) is 4.51. The summed E-state index contributed by atoms with van der Waals surface area (Å²) in [5.74, 6) is 0.717. The molecule has 0 atom stereocenters. The fourth-order valence-electron chi connectivity index (χ4n) is 3.06. The maximum atomic E-state index is 12.3. The topological polar surface area (TPSA) is 90.5 Å². The number of benzene rings is 1. The molecule has 1 aromatic heterocycles. The lowest BCUT2D eigenvalue weighted by Gasteiger charge is -2.44. The number of aryl methyl sites for hydroxylation is 1. The van der Waals surface area contributed by atoms with Crippen LogP contribution in [0.5, 0.6) is 0 Å². The standard InChI is InChI=1S/C19H24N6O2/c1-13-8-20-12-21-19(13)25-9-17(10-25)24(3)11-18(27)23-16-6-4-5-15(7-16)22-14(2)26/h4-8,12,17H,9-11H2,1-3H3,(H,22,26)(H,23,27). The van der Waals surface area contributed by atoms with E-state index in [2.05, 4.69) is 25.5 Å². The molecule has 27 heavy (non-hydrogen) atoms. The highest BCUT2D eigenvalue weighted by Crippen LogP contribution is 2.23. The second-order valence-corrected chi connectivity index (χ2v) is 6.81. The lowest BCUT2D eigenvalue weighted by molar-refractivity contribution is -0.117. The van der Waals surface area contributed by atoms with Crippen LogP contribution >= 0.6 is 0 Å². The summed E-state index contributed by atoms with van der Waals surface area (Å²) in [6, 6.07) is 7.41. The Morgan fingerprint density at radius 1 is 1.26 bits per heavy atom. The number of amides is 2. The quantitative estimate of drug-likeness (QED) is 0.803. The smallest absolute Gasteiger partial charge is 0.238 e. The third-order valence-corrected chi connectivity index (χ3v) is 4.51. The first kappa shape index (κ1) is 18.8. The normalized spacial score (nSPS) is 14.0. The van der Waals surface area contributed by atoms with Crippen molar-refractivity contribution < 1.29 is 9.59 Å². The molecule has 142 valence electrons. The molecule has 1 aromatic carbocycles. The number of nitrogens with zero attached hydrogens (tertiary/aromatic N) is 4. The molecule has 0 bridgehead atoms. The molecule has 0 unspecified atom stereocenters. The van der Waals surface area contributed by atoms with Gasteiger partial charge in [-0.25, -0.2) is 9.97 Å². The van der Waals surface area contributed by atoms with Gasteiger partial charge >= 0.3 is 0 Å². The van der Waals surface area contributed by atoms with Crippen LogP contribution in [0.1, 0.15) is 12.5 Å². The van der Waals surface area contributed by atoms with Crippen molar-refractivity contribution in [3.63, 3.8) is 0 Å². The average Bonchev–Trinajstić information content (AvgIpc) is 2.54. The van der Waals surface area contributed by atoms with E-state index in [-0.39, 0.29) is 11.8 Å². The number of hydrogen-bond donors (Lipinski definition) is 2. The molecule has 1 saturated heterocycles. The molecule has 2 heterocycles. The van der Waals surface area contributed by atoms with Crippen molar-refractivity contribution in [1.29, 1.82) is 0 Å². The van der Waals surface area contributed by atoms with Crippen LogP contribution in [0.4, 0.5) is 17.2 Å². The van der Waals surface area contributed by atoms with E-state index in [4.69, 9.17) is 0 Å². The van der Waals surface area contributed by atoms with Gasteiger partial charge in [-0.3, -0.25) is 14.5 Å². The Balaban J connectivity index is 1.49. The first-order valence-electron chi connectivity index (χ1n) is 8.81. The predicted octanol–water partition coefficient (Wildman–Crippen LogP) is 1.50. The molecule has 1 aliphatic rings. The Morgan fingerprint density at radius 2 is 1.96 bits per heavy atom. The van der Waals surface area contributed by atoms with E-state index >= 15 is 0 Å². The van der Waals surface area contributed by atoms with Crippen molar-refractivity contribution >= 4 is 29.0 Å². The minimum atomic E-state index is -0.147. The Hall–Kier alpha value is -3.00. The highest BCUT2D eigenvalue weighted by molar-refractivity contribution is 5.94. The van der Waals surface area contributed by atoms with Crippen molar-refractivity contribution in [3.05, 3.63) is 42.4 Å². The largest absolute Gasteiger partial charge is 0.353 e. The average molecular weight is 368 g/mol. The van der Waals surface area contributed by atoms with Crippen LogP contribution in [0.2, 0.25) is 0 Å². The van der Waals surface area contributed by atoms with E-state index in [9.17, 15) is 9.59 Å². The van der Waals surface area contributed by atoms with Crippen LogP contribution in [0.25, 0.3) is 0 Å². The summed E-state index contributed by atoms with van der Waals surface area (Å²) in [5.41, 5.74) is 2.37. The molecule has 8 heteroatoms. The SMILES string of the molecule is CC(=O)Nc1cccc(NC(=O)CN(C)C2CN(c3ncncc3C)C2)c1. The van der Waals surface area contributed by atoms with Crippen LogP contribution in [0, 0.1) is 6.92 Å². The van der Waals surface area contributed by atoms with Crippen molar-refractivity contribution in [2.75, 3.05) is 42.2 Å². The number of hydrogen-bond acceptors (Lipinski definition) is 6. The highest BCUT2D eigenvalue weighted by atomic mass is 16.2. The Kier molecular flexibility index (Phi) is 5.66. The van der Waals surface area contributed by atoms with E-state index in [1.807, 2.05) is 25.1 Å². The molecule has 2 N–H and O–H groups in total. The number of carbonyl (C=O) groups excluding carboxylic acids is 2. The van der Waals surface area contributed by atoms with Crippen LogP contribution in [0.3, 0.4) is 0 Å². The molecule has 0 spiro atoms. The summed E-state index contributed by atoms with van der Waals surface area (Å²) >= 11 is 0. The lowest BCUT2D eigenvalue weighted by Crippen LogP contribution is -2.60. The summed E-state index contributed by atoms with van der Waals surface area (Å²) in [5, 5.41) is 5.58. The molecular formula is C19H24N6O2. The van der Waals surface area contributed by atoms with Gasteiger partial charge in [-0.05, 0) is 32.2 Å². The van der Waals surface area contributed by atoms with Gasteiger partial charge < -0.3 is 15.5 Å². The van der Waals surface area contributed by atoms with E-state index in [0.717, 1.165) is 24.5 Å². The van der Waals surface area contributed by atoms with Gasteiger partial charge in [0.2, 0.25) is 11.8 Å². The maximum absolute atomic E-state index is 12.3. The van der Waals surface area contributed by atoms with Crippen molar-refractivity contribution in [3.8, 4) is 0 Å². The first-order chi connectivity index (χ1) is 12.9. The van der Waals surface area contributed by atoms with Gasteiger partial charge in [-0.2, -0.15) is 0 Å².